The van der Waals surface area contributed by atoms with E-state index in [4.69, 9.17) is 10.5 Å². The molecule has 152 valence electrons. The third kappa shape index (κ3) is 3.05. The fraction of sp³-hybridized carbons (Fsp3) is 0.300. The van der Waals surface area contributed by atoms with E-state index in [-0.39, 0.29) is 24.0 Å². The van der Waals surface area contributed by atoms with Gasteiger partial charge in [-0.15, -0.1) is 0 Å². The number of aromatic nitrogens is 2. The lowest BCUT2D eigenvalue weighted by molar-refractivity contribution is -0.137. The fourth-order valence-corrected chi connectivity index (χ4v) is 3.84. The molecule has 1 aromatic carbocycles. The molecule has 1 aliphatic heterocycles. The average molecular weight is 407 g/mol. The number of amides is 1. The highest BCUT2D eigenvalue weighted by molar-refractivity contribution is 5.98. The van der Waals surface area contributed by atoms with Gasteiger partial charge in [0.15, 0.2) is 0 Å². The first kappa shape index (κ1) is 19.4. The van der Waals surface area contributed by atoms with Crippen LogP contribution in [0.5, 0.6) is 0 Å². The van der Waals surface area contributed by atoms with Crippen molar-refractivity contribution in [2.75, 3.05) is 0 Å². The fourth-order valence-electron chi connectivity index (χ4n) is 3.84. The largest absolute Gasteiger partial charge is 0.416 e. The number of hydrogen-bond donors (Lipinski definition) is 1. The number of halogens is 4. The minimum Gasteiger partial charge on any atom is -0.369 e. The van der Waals surface area contributed by atoms with Gasteiger partial charge in [0.1, 0.15) is 11.5 Å². The Bertz CT molecular complexity index is 1140. The van der Waals surface area contributed by atoms with E-state index < -0.39 is 29.5 Å². The molecular formula is C20H17F4N3O2. The normalized spacial score (nSPS) is 17.5. The van der Waals surface area contributed by atoms with Crippen LogP contribution < -0.4 is 5.73 Å². The van der Waals surface area contributed by atoms with Crippen LogP contribution in [0.1, 0.15) is 58.7 Å². The maximum Gasteiger partial charge on any atom is 0.416 e. The Morgan fingerprint density at radius 1 is 1.34 bits per heavy atom. The summed E-state index contributed by atoms with van der Waals surface area (Å²) < 4.78 is 60.4. The van der Waals surface area contributed by atoms with E-state index in [1.54, 1.807) is 13.1 Å². The molecule has 1 aliphatic rings. The van der Waals surface area contributed by atoms with Crippen molar-refractivity contribution >= 4 is 16.9 Å². The number of carbonyl (C=O) groups is 1. The zero-order valence-electron chi connectivity index (χ0n) is 15.5. The maximum absolute atomic E-state index is 14.6. The summed E-state index contributed by atoms with van der Waals surface area (Å²) >= 11 is 0. The number of rotatable bonds is 3. The minimum absolute atomic E-state index is 0.00238. The first-order valence-corrected chi connectivity index (χ1v) is 8.90. The molecule has 0 saturated heterocycles. The number of nitrogens with zero attached hydrogens (tertiary/aromatic N) is 2. The molecule has 4 rings (SSSR count). The minimum atomic E-state index is -4.65. The quantitative estimate of drug-likeness (QED) is 0.651. The Morgan fingerprint density at radius 2 is 2.07 bits per heavy atom. The molecule has 2 N–H and O–H groups in total. The second kappa shape index (κ2) is 6.55. The van der Waals surface area contributed by atoms with Crippen LogP contribution in [0, 0.1) is 5.82 Å². The van der Waals surface area contributed by atoms with Gasteiger partial charge < -0.3 is 15.0 Å². The summed E-state index contributed by atoms with van der Waals surface area (Å²) in [6, 6.07) is 3.05. The summed E-state index contributed by atoms with van der Waals surface area (Å²) in [7, 11) is 0. The van der Waals surface area contributed by atoms with Crippen molar-refractivity contribution in [1.82, 2.24) is 9.55 Å². The summed E-state index contributed by atoms with van der Waals surface area (Å²) in [5.41, 5.74) is 7.22. The summed E-state index contributed by atoms with van der Waals surface area (Å²) in [6.45, 7) is 3.73. The Kier molecular flexibility index (Phi) is 4.38. The van der Waals surface area contributed by atoms with Crippen LogP contribution >= 0.6 is 0 Å². The molecule has 0 spiro atoms. The molecule has 1 amide bonds. The Morgan fingerprint density at radius 3 is 2.69 bits per heavy atom. The lowest BCUT2D eigenvalue weighted by atomic mass is 10.0. The number of carbonyl (C=O) groups excluding carboxylic acids is 1. The van der Waals surface area contributed by atoms with Crippen molar-refractivity contribution in [3.8, 4) is 0 Å². The highest BCUT2D eigenvalue weighted by Gasteiger charge is 2.33. The van der Waals surface area contributed by atoms with E-state index in [9.17, 15) is 22.4 Å². The number of hydrogen-bond acceptors (Lipinski definition) is 3. The topological polar surface area (TPSA) is 70.1 Å². The SMILES string of the molecule is CC1OCc2c1cnc1cc(C(N)=O)n([C@H](C)c3ccc(C(F)(F)F)cc3F)c21. The van der Waals surface area contributed by atoms with E-state index in [0.29, 0.717) is 17.1 Å². The molecule has 2 aromatic heterocycles. The molecule has 3 aromatic rings. The van der Waals surface area contributed by atoms with Gasteiger partial charge >= 0.3 is 6.18 Å². The van der Waals surface area contributed by atoms with E-state index in [1.807, 2.05) is 6.92 Å². The second-order valence-corrected chi connectivity index (χ2v) is 7.05. The molecule has 1 unspecified atom stereocenters. The predicted molar refractivity (Wildman–Crippen MR) is 96.7 cm³/mol. The van der Waals surface area contributed by atoms with Gasteiger partial charge in [0.05, 0.1) is 35.3 Å². The molecular weight excluding hydrogens is 390 g/mol. The molecule has 5 nitrogen and oxygen atoms in total. The zero-order valence-corrected chi connectivity index (χ0v) is 15.5. The molecule has 0 bridgehead atoms. The highest BCUT2D eigenvalue weighted by Crippen LogP contribution is 2.38. The standard InChI is InChI=1S/C20H17F4N3O2/c1-9(12-4-3-11(5-15(12)21)20(22,23)24)27-17(19(25)28)6-16-18(27)14-8-29-10(2)13(14)7-26-16/h3-7,9-10H,8H2,1-2H3,(H2,25,28)/t9-,10?/m1/s1. The average Bonchev–Trinajstić information content (AvgIpc) is 3.21. The van der Waals surface area contributed by atoms with Gasteiger partial charge in [-0.3, -0.25) is 9.78 Å². The Hall–Kier alpha value is -2.94. The van der Waals surface area contributed by atoms with Crippen molar-refractivity contribution in [2.24, 2.45) is 5.73 Å². The van der Waals surface area contributed by atoms with Gasteiger partial charge in [-0.25, -0.2) is 4.39 Å². The molecule has 0 aliphatic carbocycles. The van der Waals surface area contributed by atoms with Gasteiger partial charge in [-0.1, -0.05) is 6.07 Å². The highest BCUT2D eigenvalue weighted by atomic mass is 19.4. The van der Waals surface area contributed by atoms with Gasteiger partial charge in [-0.2, -0.15) is 13.2 Å². The second-order valence-electron chi connectivity index (χ2n) is 7.05. The van der Waals surface area contributed by atoms with Gasteiger partial charge in [0, 0.05) is 22.9 Å². The number of ether oxygens (including phenoxy) is 1. The summed E-state index contributed by atoms with van der Waals surface area (Å²) in [6.07, 6.45) is -3.19. The van der Waals surface area contributed by atoms with Crippen molar-refractivity contribution in [3.63, 3.8) is 0 Å². The third-order valence-corrected chi connectivity index (χ3v) is 5.33. The van der Waals surface area contributed by atoms with Crippen LogP contribution in [0.2, 0.25) is 0 Å². The molecule has 0 radical (unpaired) electrons. The van der Waals surface area contributed by atoms with E-state index in [0.717, 1.165) is 23.3 Å². The number of alkyl halides is 3. The van der Waals surface area contributed by atoms with Crippen molar-refractivity contribution in [3.05, 3.63) is 64.2 Å². The maximum atomic E-state index is 14.6. The smallest absolute Gasteiger partial charge is 0.369 e. The predicted octanol–water partition coefficient (Wildman–Crippen LogP) is 4.49. The molecule has 3 heterocycles. The lowest BCUT2D eigenvalue weighted by Crippen LogP contribution is -2.20. The van der Waals surface area contributed by atoms with Crippen LogP contribution in [0.4, 0.5) is 17.6 Å². The molecule has 9 heteroatoms. The number of pyridine rings is 1. The number of benzene rings is 1. The molecule has 0 saturated carbocycles. The Labute approximate surface area is 163 Å². The summed E-state index contributed by atoms with van der Waals surface area (Å²) in [5, 5.41) is 0. The van der Waals surface area contributed by atoms with Crippen LogP contribution in [-0.4, -0.2) is 15.5 Å². The molecule has 2 atom stereocenters. The zero-order chi connectivity index (χ0) is 21.1. The van der Waals surface area contributed by atoms with Crippen LogP contribution in [-0.2, 0) is 17.5 Å². The van der Waals surface area contributed by atoms with Gasteiger partial charge in [0.25, 0.3) is 5.91 Å². The lowest BCUT2D eigenvalue weighted by Gasteiger charge is -2.20. The Balaban J connectivity index is 1.93. The first-order valence-electron chi connectivity index (χ1n) is 8.90. The van der Waals surface area contributed by atoms with Crippen LogP contribution in [0.15, 0.2) is 30.5 Å². The van der Waals surface area contributed by atoms with E-state index >= 15 is 0 Å². The number of fused-ring (bicyclic) bond motifs is 3. The third-order valence-electron chi connectivity index (χ3n) is 5.33. The first-order chi connectivity index (χ1) is 13.6. The van der Waals surface area contributed by atoms with E-state index in [1.165, 1.54) is 10.6 Å². The molecule has 29 heavy (non-hydrogen) atoms. The monoisotopic (exact) mass is 407 g/mol. The van der Waals surface area contributed by atoms with Crippen LogP contribution in [0.25, 0.3) is 11.0 Å². The summed E-state index contributed by atoms with van der Waals surface area (Å²) in [4.78, 5) is 16.4. The summed E-state index contributed by atoms with van der Waals surface area (Å²) in [5.74, 6) is -1.77. The number of primary amides is 1. The molecule has 0 fully saturated rings. The van der Waals surface area contributed by atoms with Crippen LogP contribution in [0.3, 0.4) is 0 Å². The van der Waals surface area contributed by atoms with Gasteiger partial charge in [0.2, 0.25) is 0 Å². The van der Waals surface area contributed by atoms with E-state index in [2.05, 4.69) is 4.98 Å². The van der Waals surface area contributed by atoms with Crippen molar-refractivity contribution < 1.29 is 27.1 Å². The van der Waals surface area contributed by atoms with Crippen molar-refractivity contribution in [1.29, 1.82) is 0 Å². The van der Waals surface area contributed by atoms with Crippen molar-refractivity contribution in [2.45, 2.75) is 38.8 Å². The van der Waals surface area contributed by atoms with Gasteiger partial charge in [-0.05, 0) is 32.0 Å². The number of nitrogens with two attached hydrogens (primary N) is 1.